The maximum atomic E-state index is 10.8. The predicted octanol–water partition coefficient (Wildman–Crippen LogP) is 24.7. The van der Waals surface area contributed by atoms with E-state index in [-0.39, 0.29) is 30.6 Å². The average Bonchev–Trinajstić information content (AvgIpc) is 1.60. The Hall–Kier alpha value is -8.36. The van der Waals surface area contributed by atoms with Crippen LogP contribution in [-0.2, 0) is 45.2 Å². The first-order valence-electron chi connectivity index (χ1n) is 35.6. The van der Waals surface area contributed by atoms with Gasteiger partial charge in [0.2, 0.25) is 0 Å². The zero-order chi connectivity index (χ0) is 70.6. The van der Waals surface area contributed by atoms with Crippen molar-refractivity contribution in [1.29, 1.82) is 0 Å². The standard InChI is InChI=1S/C70H82N4S2.C12H8N2O4.2CNS.Ru/c1-5-9-13-17-21-25-51-29-33-63-57(45-51)58-46-52(26-22-18-14-10-6-2)30-34-64(58)73(63)69-39-37-67(75-69)55-41-43-71-61(49-55)62-50-56(42-44-72-62)68-38-40-70(76-68)74-65-35-31-53(27-23-19-15-11-7-3)47-59(65)60-48-54(32-36-66(60)74)28-24-20-16-12-8-4;15-11(16)7-1-3-13-9(5-7)10-6-8(12(17)18)2-4-14-10;2*2-1-3;/h29-50H,5-28H2,1-4H3;1-6H,(H,15,16)(H,17,18);;;/q;;2*-1;+2. The van der Waals surface area contributed by atoms with Gasteiger partial charge in [0.25, 0.3) is 0 Å². The predicted molar refractivity (Wildman–Crippen MR) is 426 cm³/mol. The van der Waals surface area contributed by atoms with E-state index in [0.717, 1.165) is 48.2 Å². The molecule has 2 N–H and O–H groups in total. The van der Waals surface area contributed by atoms with Crippen LogP contribution in [0.1, 0.15) is 199 Å². The average molecular weight is 1510 g/mol. The zero-order valence-corrected chi connectivity index (χ0v) is 63.4. The number of nitrogens with zero attached hydrogens (tertiary/aromatic N) is 8. The molecule has 0 saturated heterocycles. The first kappa shape index (κ1) is 78.4. The van der Waals surface area contributed by atoms with Crippen LogP contribution in [0.2, 0.25) is 0 Å². The van der Waals surface area contributed by atoms with Crippen LogP contribution < -0.4 is 0 Å². The molecule has 12 nitrogen and oxygen atoms in total. The summed E-state index contributed by atoms with van der Waals surface area (Å²) in [6.07, 6.45) is 37.3. The molecule has 0 aliphatic heterocycles. The van der Waals surface area contributed by atoms with E-state index in [1.165, 1.54) is 261 Å². The number of hydrogen-bond donors (Lipinski definition) is 2. The first-order valence-corrected chi connectivity index (χ1v) is 38.1. The second kappa shape index (κ2) is 40.9. The van der Waals surface area contributed by atoms with Crippen LogP contribution in [0.4, 0.5) is 0 Å². The third kappa shape index (κ3) is 21.4. The molecule has 12 aromatic rings. The molecular weight excluding hydrogens is 1410 g/mol. The van der Waals surface area contributed by atoms with Gasteiger partial charge < -0.3 is 30.2 Å². The number of rotatable bonds is 32. The SMILES string of the molecule is CCCCCCCc1ccc2c(c1)c1cc(CCCCCCC)ccc1n2-c1ccc(-c2ccnc(-c3cc(-c4ccc(-n5c6ccc(CCCCCCC)cc6c6cc(CCCCCCC)ccc65)s4)ccn3)c2)s1.O=C(O)c1ccnc(-c2cc(C(=O)O)ccn2)c1.[N-]=C=S.[N-]=C=S.[Ru+2]. The van der Waals surface area contributed by atoms with Crippen molar-refractivity contribution in [2.24, 2.45) is 0 Å². The van der Waals surface area contributed by atoms with Gasteiger partial charge in [-0.05, 0) is 206 Å². The summed E-state index contributed by atoms with van der Waals surface area (Å²) in [5, 5.41) is 42.6. The fraction of sp³-hybridized carbons (Fsp3) is 0.333. The molecule has 0 saturated carbocycles. The van der Waals surface area contributed by atoms with Crippen molar-refractivity contribution in [1.82, 2.24) is 29.1 Å². The van der Waals surface area contributed by atoms with Crippen molar-refractivity contribution in [3.63, 3.8) is 0 Å². The summed E-state index contributed by atoms with van der Waals surface area (Å²) in [5.74, 6) is -2.15. The summed E-state index contributed by atoms with van der Waals surface area (Å²) < 4.78 is 5.02. The van der Waals surface area contributed by atoms with Crippen molar-refractivity contribution < 1.29 is 39.3 Å². The van der Waals surface area contributed by atoms with Gasteiger partial charge in [0, 0.05) is 56.1 Å². The number of aryl methyl sites for hydroxylation is 4. The van der Waals surface area contributed by atoms with Crippen molar-refractivity contribution in [3.05, 3.63) is 215 Å². The molecule has 0 bridgehead atoms. The normalized spacial score (nSPS) is 10.9. The molecular formula is C84H90N8O4RuS4. The molecule has 0 radical (unpaired) electrons. The number of carboxylic acids is 2. The number of pyridine rings is 4. The minimum Gasteiger partial charge on any atom is -0.753 e. The van der Waals surface area contributed by atoms with Crippen molar-refractivity contribution in [2.45, 2.75) is 182 Å². The van der Waals surface area contributed by atoms with E-state index in [1.54, 1.807) is 0 Å². The molecule has 0 fully saturated rings. The zero-order valence-electron chi connectivity index (χ0n) is 58.4. The third-order valence-corrected chi connectivity index (χ3v) is 20.6. The molecule has 8 heterocycles. The van der Waals surface area contributed by atoms with Crippen molar-refractivity contribution in [2.75, 3.05) is 0 Å². The Balaban J connectivity index is 0.000000440. The number of fused-ring (bicyclic) bond motifs is 6. The molecule has 4 aromatic carbocycles. The molecule has 12 rings (SSSR count). The fourth-order valence-electron chi connectivity index (χ4n) is 13.1. The first-order chi connectivity index (χ1) is 48.9. The number of aromatic nitrogens is 6. The summed E-state index contributed by atoms with van der Waals surface area (Å²) >= 11 is 11.1. The Bertz CT molecular complexity index is 4310. The molecule has 522 valence electrons. The minimum atomic E-state index is -1.08. The number of carbonyl (C=O) groups is 2. The van der Waals surface area contributed by atoms with Gasteiger partial charge >= 0.3 is 31.4 Å². The van der Waals surface area contributed by atoms with Crippen LogP contribution in [0.3, 0.4) is 0 Å². The fourth-order valence-corrected chi connectivity index (χ4v) is 15.2. The van der Waals surface area contributed by atoms with E-state index in [1.807, 2.05) is 35.1 Å². The van der Waals surface area contributed by atoms with Gasteiger partial charge in [-0.3, -0.25) is 19.9 Å². The van der Waals surface area contributed by atoms with Gasteiger partial charge in [-0.1, -0.05) is 179 Å². The van der Waals surface area contributed by atoms with Crippen LogP contribution in [0.5, 0.6) is 0 Å². The Kier molecular flexibility index (Phi) is 31.8. The van der Waals surface area contributed by atoms with Crippen molar-refractivity contribution >= 4 is 113 Å². The van der Waals surface area contributed by atoms with Gasteiger partial charge in [-0.2, -0.15) is 10.3 Å². The third-order valence-electron chi connectivity index (χ3n) is 18.3. The van der Waals surface area contributed by atoms with Gasteiger partial charge in [-0.15, -0.1) is 22.7 Å². The van der Waals surface area contributed by atoms with E-state index < -0.39 is 11.9 Å². The van der Waals surface area contributed by atoms with Crippen LogP contribution in [0.25, 0.3) is 108 Å². The number of unbranched alkanes of at least 4 members (excludes halogenated alkanes) is 16. The molecule has 0 amide bonds. The van der Waals surface area contributed by atoms with Crippen LogP contribution in [-0.4, -0.2) is 61.5 Å². The number of aromatic carboxylic acids is 2. The number of thiocarbonyl (C=S) groups is 2. The quantitative estimate of drug-likeness (QED) is 0.0178. The van der Waals surface area contributed by atoms with Crippen LogP contribution in [0, 0.1) is 0 Å². The second-order valence-electron chi connectivity index (χ2n) is 25.5. The van der Waals surface area contributed by atoms with Gasteiger partial charge in [0.15, 0.2) is 0 Å². The van der Waals surface area contributed by atoms with Crippen LogP contribution in [0.15, 0.2) is 170 Å². The van der Waals surface area contributed by atoms with Gasteiger partial charge in [0.05, 0.1) is 56.0 Å². The van der Waals surface area contributed by atoms with E-state index in [2.05, 4.69) is 193 Å². The number of isothiocyanates is 2. The second-order valence-corrected chi connectivity index (χ2v) is 28.0. The molecule has 0 atom stereocenters. The van der Waals surface area contributed by atoms with E-state index in [4.69, 9.17) is 31.0 Å². The minimum absolute atomic E-state index is 0. The Morgan fingerprint density at radius 3 is 0.921 bits per heavy atom. The Labute approximate surface area is 626 Å². The van der Waals surface area contributed by atoms with E-state index in [0.29, 0.717) is 11.4 Å². The molecule has 101 heavy (non-hydrogen) atoms. The summed E-state index contributed by atoms with van der Waals surface area (Å²) in [7, 11) is 0. The van der Waals surface area contributed by atoms with Gasteiger partial charge in [0.1, 0.15) is 10.0 Å². The van der Waals surface area contributed by atoms with Gasteiger partial charge in [-0.25, -0.2) is 9.59 Å². The summed E-state index contributed by atoms with van der Waals surface area (Å²) in [6, 6.07) is 52.5. The summed E-state index contributed by atoms with van der Waals surface area (Å²) in [4.78, 5) is 41.9. The molecule has 17 heteroatoms. The van der Waals surface area contributed by atoms with Crippen molar-refractivity contribution in [3.8, 4) is 53.7 Å². The molecule has 0 aliphatic carbocycles. The Morgan fingerprint density at radius 1 is 0.376 bits per heavy atom. The number of benzene rings is 4. The van der Waals surface area contributed by atoms with Crippen LogP contribution >= 0.6 is 47.1 Å². The smallest absolute Gasteiger partial charge is 0.753 e. The maximum absolute atomic E-state index is 10.8. The summed E-state index contributed by atoms with van der Waals surface area (Å²) in [6.45, 7) is 9.19. The number of thiophene rings is 2. The summed E-state index contributed by atoms with van der Waals surface area (Å²) in [5.41, 5.74) is 15.9. The molecule has 0 aliphatic rings. The Morgan fingerprint density at radius 2 is 0.644 bits per heavy atom. The largest absolute Gasteiger partial charge is 2.00 e. The molecule has 0 unspecified atom stereocenters. The monoisotopic (exact) mass is 1500 g/mol. The number of hydrogen-bond acceptors (Lipinski definition) is 10. The van der Waals surface area contributed by atoms with E-state index in [9.17, 15) is 9.59 Å². The topological polar surface area (TPSA) is 181 Å². The molecule has 8 aromatic heterocycles. The molecule has 0 spiro atoms. The maximum Gasteiger partial charge on any atom is 2.00 e. The van der Waals surface area contributed by atoms with E-state index >= 15 is 0 Å². The number of carboxylic acid groups (broad SMARTS) is 2.